The first kappa shape index (κ1) is 14.7. The molecule has 0 unspecified atom stereocenters. The number of amides is 1. The maximum Gasteiger partial charge on any atom is 0.261 e. The third-order valence-corrected chi connectivity index (χ3v) is 3.75. The Morgan fingerprint density at radius 3 is 2.75 bits per heavy atom. The van der Waals surface area contributed by atoms with Crippen LogP contribution in [0, 0.1) is 13.8 Å². The van der Waals surface area contributed by atoms with Crippen molar-refractivity contribution in [3.05, 3.63) is 33.2 Å². The number of hydrogen-bond acceptors (Lipinski definition) is 4. The van der Waals surface area contributed by atoms with Crippen molar-refractivity contribution in [3.63, 3.8) is 0 Å². The van der Waals surface area contributed by atoms with E-state index in [1.165, 1.54) is 4.90 Å². The molecule has 1 aromatic heterocycles. The molecule has 6 nitrogen and oxygen atoms in total. The topological polar surface area (TPSA) is 82.6 Å². The van der Waals surface area contributed by atoms with Gasteiger partial charge in [-0.1, -0.05) is 0 Å². The summed E-state index contributed by atoms with van der Waals surface area (Å²) < 4.78 is 5.18. The molecule has 0 spiro atoms. The predicted molar refractivity (Wildman–Crippen MR) is 73.9 cm³/mol. The molecule has 2 N–H and O–H groups in total. The van der Waals surface area contributed by atoms with E-state index in [9.17, 15) is 14.7 Å². The van der Waals surface area contributed by atoms with Gasteiger partial charge in [0.2, 0.25) is 0 Å². The van der Waals surface area contributed by atoms with Gasteiger partial charge in [0.05, 0.1) is 25.4 Å². The molecule has 0 bridgehead atoms. The zero-order chi connectivity index (χ0) is 14.9. The Kier molecular flexibility index (Phi) is 4.25. The third kappa shape index (κ3) is 2.62. The van der Waals surface area contributed by atoms with Crippen LogP contribution >= 0.6 is 0 Å². The van der Waals surface area contributed by atoms with E-state index in [-0.39, 0.29) is 18.1 Å². The van der Waals surface area contributed by atoms with Gasteiger partial charge in [0.15, 0.2) is 0 Å². The van der Waals surface area contributed by atoms with Crippen LogP contribution in [0.5, 0.6) is 0 Å². The molecule has 2 atom stereocenters. The lowest BCUT2D eigenvalue weighted by molar-refractivity contribution is 0.0519. The average Bonchev–Trinajstić information content (AvgIpc) is 2.81. The lowest BCUT2D eigenvalue weighted by atomic mass is 10.1. The van der Waals surface area contributed by atoms with E-state index >= 15 is 0 Å². The number of carbonyl (C=O) groups excluding carboxylic acids is 1. The Morgan fingerprint density at radius 2 is 2.20 bits per heavy atom. The molecule has 0 aliphatic carbocycles. The second kappa shape index (κ2) is 5.76. The van der Waals surface area contributed by atoms with Gasteiger partial charge in [-0.25, -0.2) is 0 Å². The van der Waals surface area contributed by atoms with Crippen molar-refractivity contribution < 1.29 is 14.6 Å². The van der Waals surface area contributed by atoms with E-state index < -0.39 is 17.7 Å². The number of aromatic amines is 1. The number of aliphatic hydroxyl groups excluding tert-OH is 1. The lowest BCUT2D eigenvalue weighted by Gasteiger charge is -2.28. The zero-order valence-electron chi connectivity index (χ0n) is 12.0. The highest BCUT2D eigenvalue weighted by molar-refractivity contribution is 5.94. The maximum atomic E-state index is 12.5. The number of ether oxygens (including phenoxy) is 1. The lowest BCUT2D eigenvalue weighted by Crippen LogP contribution is -2.47. The molecule has 0 aromatic carbocycles. The summed E-state index contributed by atoms with van der Waals surface area (Å²) in [7, 11) is 0. The largest absolute Gasteiger partial charge is 0.388 e. The summed E-state index contributed by atoms with van der Waals surface area (Å²) in [6.07, 6.45) is -0.704. The van der Waals surface area contributed by atoms with Crippen LogP contribution in [-0.2, 0) is 4.74 Å². The number of H-pyrrole nitrogens is 1. The molecule has 1 amide bonds. The van der Waals surface area contributed by atoms with Gasteiger partial charge in [-0.15, -0.1) is 0 Å². The SMILES string of the molecule is CCN(C(=O)c1cc(C)c(C)[nH]c1=O)[C@H]1COC[C@@H]1O. The fourth-order valence-corrected chi connectivity index (χ4v) is 2.40. The van der Waals surface area contributed by atoms with Crippen LogP contribution in [0.3, 0.4) is 0 Å². The molecule has 2 rings (SSSR count). The molecule has 6 heteroatoms. The summed E-state index contributed by atoms with van der Waals surface area (Å²) >= 11 is 0. The summed E-state index contributed by atoms with van der Waals surface area (Å²) in [5.74, 6) is -0.369. The molecule has 2 heterocycles. The van der Waals surface area contributed by atoms with Gasteiger partial charge in [-0.3, -0.25) is 9.59 Å². The fraction of sp³-hybridized carbons (Fsp3) is 0.571. The summed E-state index contributed by atoms with van der Waals surface area (Å²) in [5.41, 5.74) is 1.31. The van der Waals surface area contributed by atoms with E-state index in [0.29, 0.717) is 13.2 Å². The van der Waals surface area contributed by atoms with Crippen LogP contribution < -0.4 is 5.56 Å². The number of nitrogens with zero attached hydrogens (tertiary/aromatic N) is 1. The Bertz CT molecular complexity index is 567. The summed E-state index contributed by atoms with van der Waals surface area (Å²) in [4.78, 5) is 28.7. The van der Waals surface area contributed by atoms with Crippen LogP contribution in [0.4, 0.5) is 0 Å². The maximum absolute atomic E-state index is 12.5. The van der Waals surface area contributed by atoms with Crippen LogP contribution in [0.1, 0.15) is 28.5 Å². The molecule has 1 aliphatic rings. The minimum atomic E-state index is -0.704. The number of carbonyl (C=O) groups is 1. The van der Waals surface area contributed by atoms with E-state index in [4.69, 9.17) is 4.74 Å². The number of aliphatic hydroxyl groups is 1. The molecular formula is C14H20N2O4. The Morgan fingerprint density at radius 1 is 1.50 bits per heavy atom. The predicted octanol–water partition coefficient (Wildman–Crippen LogP) is 0.214. The van der Waals surface area contributed by atoms with Crippen LogP contribution in [0.25, 0.3) is 0 Å². The number of rotatable bonds is 3. The van der Waals surface area contributed by atoms with Crippen molar-refractivity contribution in [2.24, 2.45) is 0 Å². The molecule has 0 saturated carbocycles. The van der Waals surface area contributed by atoms with Crippen molar-refractivity contribution in [2.45, 2.75) is 32.9 Å². The van der Waals surface area contributed by atoms with Crippen molar-refractivity contribution in [3.8, 4) is 0 Å². The van der Waals surface area contributed by atoms with Crippen molar-refractivity contribution in [1.29, 1.82) is 0 Å². The summed E-state index contributed by atoms with van der Waals surface area (Å²) in [6.45, 7) is 6.37. The van der Waals surface area contributed by atoms with Gasteiger partial charge < -0.3 is 19.7 Å². The molecule has 1 saturated heterocycles. The van der Waals surface area contributed by atoms with Gasteiger partial charge in [0.25, 0.3) is 11.5 Å². The molecule has 1 fully saturated rings. The highest BCUT2D eigenvalue weighted by atomic mass is 16.5. The third-order valence-electron chi connectivity index (χ3n) is 3.75. The summed E-state index contributed by atoms with van der Waals surface area (Å²) in [6, 6.07) is 1.20. The number of aromatic nitrogens is 1. The molecule has 20 heavy (non-hydrogen) atoms. The van der Waals surface area contributed by atoms with Crippen LogP contribution in [0.2, 0.25) is 0 Å². The molecule has 110 valence electrons. The second-order valence-corrected chi connectivity index (χ2v) is 5.08. The number of pyridine rings is 1. The molecule has 0 radical (unpaired) electrons. The minimum Gasteiger partial charge on any atom is -0.388 e. The number of aryl methyl sites for hydroxylation is 2. The Hall–Kier alpha value is -1.66. The minimum absolute atomic E-state index is 0.106. The van der Waals surface area contributed by atoms with Gasteiger partial charge in [-0.05, 0) is 32.4 Å². The highest BCUT2D eigenvalue weighted by Gasteiger charge is 2.34. The first-order valence-electron chi connectivity index (χ1n) is 6.73. The van der Waals surface area contributed by atoms with Crippen LogP contribution in [0.15, 0.2) is 10.9 Å². The Balaban J connectivity index is 2.34. The van der Waals surface area contributed by atoms with E-state index in [2.05, 4.69) is 4.98 Å². The second-order valence-electron chi connectivity index (χ2n) is 5.08. The Labute approximate surface area is 117 Å². The summed E-state index contributed by atoms with van der Waals surface area (Å²) in [5, 5.41) is 9.85. The van der Waals surface area contributed by atoms with E-state index in [0.717, 1.165) is 11.3 Å². The van der Waals surface area contributed by atoms with Crippen molar-refractivity contribution in [2.75, 3.05) is 19.8 Å². The van der Waals surface area contributed by atoms with Crippen molar-refractivity contribution in [1.82, 2.24) is 9.88 Å². The van der Waals surface area contributed by atoms with Gasteiger partial charge in [0.1, 0.15) is 5.56 Å². The van der Waals surface area contributed by atoms with Gasteiger partial charge in [0, 0.05) is 12.2 Å². The first-order chi connectivity index (χ1) is 9.45. The standard InChI is InChI=1S/C14H20N2O4/c1-4-16(11-6-20-7-12(11)17)14(19)10-5-8(2)9(3)15-13(10)18/h5,11-12,17H,4,6-7H2,1-3H3,(H,15,18)/t11-,12-/m0/s1. The van der Waals surface area contributed by atoms with Crippen LogP contribution in [-0.4, -0.2) is 52.8 Å². The molecular weight excluding hydrogens is 260 g/mol. The quantitative estimate of drug-likeness (QED) is 0.829. The smallest absolute Gasteiger partial charge is 0.261 e. The fourth-order valence-electron chi connectivity index (χ4n) is 2.40. The van der Waals surface area contributed by atoms with Gasteiger partial charge >= 0.3 is 0 Å². The normalized spacial score (nSPS) is 22.0. The average molecular weight is 280 g/mol. The van der Waals surface area contributed by atoms with Crippen molar-refractivity contribution >= 4 is 5.91 Å². The number of nitrogens with one attached hydrogen (secondary N) is 1. The number of likely N-dealkylation sites (N-methyl/N-ethyl adjacent to an activating group) is 1. The van der Waals surface area contributed by atoms with Gasteiger partial charge in [-0.2, -0.15) is 0 Å². The molecule has 1 aliphatic heterocycles. The van der Waals surface area contributed by atoms with E-state index in [1.54, 1.807) is 13.0 Å². The first-order valence-corrected chi connectivity index (χ1v) is 6.73. The van der Waals surface area contributed by atoms with E-state index in [1.807, 2.05) is 13.8 Å². The zero-order valence-corrected chi connectivity index (χ0v) is 12.0. The monoisotopic (exact) mass is 280 g/mol. The highest BCUT2D eigenvalue weighted by Crippen LogP contribution is 2.16. The molecule has 1 aromatic rings. The number of hydrogen-bond donors (Lipinski definition) is 2.